The van der Waals surface area contributed by atoms with Crippen LogP contribution in [0.2, 0.25) is 0 Å². The first-order chi connectivity index (χ1) is 10.1. The highest BCUT2D eigenvalue weighted by Crippen LogP contribution is 2.06. The smallest absolute Gasteiger partial charge is 0.254 e. The van der Waals surface area contributed by atoms with E-state index in [9.17, 15) is 4.79 Å². The van der Waals surface area contributed by atoms with E-state index in [0.717, 1.165) is 21.9 Å². The summed E-state index contributed by atoms with van der Waals surface area (Å²) in [5.41, 5.74) is 2.24. The number of amides is 1. The molecule has 0 spiro atoms. The summed E-state index contributed by atoms with van der Waals surface area (Å²) in [7, 11) is 0. The van der Waals surface area contributed by atoms with Gasteiger partial charge in [0.25, 0.3) is 5.91 Å². The van der Waals surface area contributed by atoms with Crippen LogP contribution in [0.3, 0.4) is 0 Å². The molecule has 0 radical (unpaired) electrons. The second-order valence-electron chi connectivity index (χ2n) is 5.45. The van der Waals surface area contributed by atoms with Crippen LogP contribution in [0.25, 0.3) is 6.08 Å². The van der Waals surface area contributed by atoms with Gasteiger partial charge >= 0.3 is 0 Å². The molecule has 4 heteroatoms. The molecule has 21 heavy (non-hydrogen) atoms. The fourth-order valence-electron chi connectivity index (χ4n) is 2.66. The van der Waals surface area contributed by atoms with Crippen molar-refractivity contribution in [1.82, 2.24) is 5.32 Å². The van der Waals surface area contributed by atoms with Gasteiger partial charge in [0.2, 0.25) is 0 Å². The van der Waals surface area contributed by atoms with Crippen molar-refractivity contribution < 1.29 is 9.21 Å². The van der Waals surface area contributed by atoms with Crippen molar-refractivity contribution in [2.45, 2.75) is 20.4 Å². The number of benzene rings is 1. The van der Waals surface area contributed by atoms with Crippen molar-refractivity contribution in [1.29, 1.82) is 0 Å². The minimum atomic E-state index is -0.214. The number of carbonyl (C=O) groups excluding carboxylic acids is 1. The van der Waals surface area contributed by atoms with Gasteiger partial charge in [-0.05, 0) is 36.8 Å². The maximum Gasteiger partial charge on any atom is 0.254 e. The maximum atomic E-state index is 12.1. The van der Waals surface area contributed by atoms with Gasteiger partial charge in [-0.25, -0.2) is 4.99 Å². The lowest BCUT2D eigenvalue weighted by molar-refractivity contribution is -0.120. The summed E-state index contributed by atoms with van der Waals surface area (Å²) in [5, 5.41) is 5.11. The topological polar surface area (TPSA) is 54.6 Å². The predicted octanol–water partition coefficient (Wildman–Crippen LogP) is 1.24. The Morgan fingerprint density at radius 2 is 2.19 bits per heavy atom. The molecule has 1 aliphatic rings. The maximum absolute atomic E-state index is 12.1. The fourth-order valence-corrected chi connectivity index (χ4v) is 2.66. The van der Waals surface area contributed by atoms with Crippen LogP contribution in [0.1, 0.15) is 16.9 Å². The summed E-state index contributed by atoms with van der Waals surface area (Å²) >= 11 is 0. The van der Waals surface area contributed by atoms with Crippen LogP contribution in [-0.2, 0) is 11.3 Å². The zero-order chi connectivity index (χ0) is 14.8. The van der Waals surface area contributed by atoms with E-state index in [1.807, 2.05) is 25.1 Å². The number of furan rings is 1. The summed E-state index contributed by atoms with van der Waals surface area (Å²) in [6.07, 6.45) is 3.66. The molecule has 1 atom stereocenters. The van der Waals surface area contributed by atoms with Crippen LogP contribution in [0, 0.1) is 19.8 Å². The summed E-state index contributed by atoms with van der Waals surface area (Å²) in [5.74, 6) is 0.567. The molecule has 1 unspecified atom stereocenters. The third kappa shape index (κ3) is 2.95. The highest BCUT2D eigenvalue weighted by atomic mass is 16.3. The molecule has 2 heterocycles. The van der Waals surface area contributed by atoms with Gasteiger partial charge in [-0.2, -0.15) is 0 Å². The lowest BCUT2D eigenvalue weighted by atomic mass is 10.0. The Kier molecular flexibility index (Phi) is 3.71. The molecule has 1 aromatic carbocycles. The molecule has 108 valence electrons. The van der Waals surface area contributed by atoms with E-state index in [2.05, 4.69) is 29.4 Å². The van der Waals surface area contributed by atoms with Gasteiger partial charge in [0.05, 0.1) is 24.1 Å². The van der Waals surface area contributed by atoms with Gasteiger partial charge in [-0.1, -0.05) is 23.8 Å². The molecule has 1 amide bonds. The molecule has 0 bridgehead atoms. The Balaban J connectivity index is 1.78. The molecule has 4 nitrogen and oxygen atoms in total. The van der Waals surface area contributed by atoms with Crippen molar-refractivity contribution in [3.63, 3.8) is 0 Å². The molecule has 1 aliphatic heterocycles. The van der Waals surface area contributed by atoms with Crippen LogP contribution in [-0.4, -0.2) is 12.5 Å². The van der Waals surface area contributed by atoms with E-state index in [0.29, 0.717) is 13.1 Å². The summed E-state index contributed by atoms with van der Waals surface area (Å²) in [4.78, 5) is 16.4. The molecule has 0 aliphatic carbocycles. The van der Waals surface area contributed by atoms with Crippen LogP contribution < -0.4 is 15.9 Å². The number of nitrogens with zero attached hydrogens (tertiary/aromatic N) is 1. The van der Waals surface area contributed by atoms with E-state index >= 15 is 0 Å². The number of fused-ring (bicyclic) bond motifs is 1. The second-order valence-corrected chi connectivity index (χ2v) is 5.45. The number of aryl methyl sites for hydroxylation is 2. The predicted molar refractivity (Wildman–Crippen MR) is 80.1 cm³/mol. The summed E-state index contributed by atoms with van der Waals surface area (Å²) in [6.45, 7) is 5.23. The fraction of sp³-hybridized carbons (Fsp3) is 0.294. The Bertz CT molecular complexity index is 776. The molecule has 1 aromatic heterocycles. The van der Waals surface area contributed by atoms with E-state index in [1.54, 1.807) is 6.26 Å². The molecular weight excluding hydrogens is 264 g/mol. The van der Waals surface area contributed by atoms with Crippen molar-refractivity contribution in [3.05, 3.63) is 58.0 Å². The van der Waals surface area contributed by atoms with Crippen LogP contribution >= 0.6 is 0 Å². The lowest BCUT2D eigenvalue weighted by Crippen LogP contribution is -2.39. The van der Waals surface area contributed by atoms with E-state index in [-0.39, 0.29) is 11.8 Å². The molecule has 1 N–H and O–H groups in total. The quantitative estimate of drug-likeness (QED) is 0.918. The van der Waals surface area contributed by atoms with Crippen LogP contribution in [0.5, 0.6) is 0 Å². The number of nitrogens with one attached hydrogen (secondary N) is 1. The lowest BCUT2D eigenvalue weighted by Gasteiger charge is -2.14. The SMILES string of the molecule is Cc1cc(C)c2c(c1)=CC(CNCc1ccco1)C(=O)N=2. The average Bonchev–Trinajstić information content (AvgIpc) is 2.93. The average molecular weight is 282 g/mol. The highest BCUT2D eigenvalue weighted by molar-refractivity contribution is 5.86. The highest BCUT2D eigenvalue weighted by Gasteiger charge is 2.18. The molecule has 0 fully saturated rings. The van der Waals surface area contributed by atoms with Crippen LogP contribution in [0.4, 0.5) is 0 Å². The zero-order valence-corrected chi connectivity index (χ0v) is 12.2. The molecule has 2 aromatic rings. The van der Waals surface area contributed by atoms with Crippen molar-refractivity contribution in [2.75, 3.05) is 6.54 Å². The molecular formula is C17H18N2O2. The minimum absolute atomic E-state index is 0.0820. The van der Waals surface area contributed by atoms with Crippen molar-refractivity contribution >= 4 is 12.0 Å². The summed E-state index contributed by atoms with van der Waals surface area (Å²) in [6, 6.07) is 7.90. The van der Waals surface area contributed by atoms with Gasteiger partial charge in [-0.3, -0.25) is 4.79 Å². The van der Waals surface area contributed by atoms with Gasteiger partial charge in [0, 0.05) is 6.54 Å². The Labute approximate surface area is 123 Å². The first-order valence-electron chi connectivity index (χ1n) is 7.08. The standard InChI is InChI=1S/C17H18N2O2/c1-11-6-12(2)16-13(7-11)8-14(17(20)19-16)9-18-10-15-4-3-5-21-15/h3-8,14,18H,9-10H2,1-2H3. The molecule has 0 saturated heterocycles. The van der Waals surface area contributed by atoms with Gasteiger partial charge < -0.3 is 9.73 Å². The third-order valence-electron chi connectivity index (χ3n) is 3.64. The first kappa shape index (κ1) is 13.8. The van der Waals surface area contributed by atoms with Gasteiger partial charge in [-0.15, -0.1) is 0 Å². The molecule has 0 saturated carbocycles. The van der Waals surface area contributed by atoms with Crippen molar-refractivity contribution in [3.8, 4) is 0 Å². The Hall–Kier alpha value is -2.20. The van der Waals surface area contributed by atoms with Gasteiger partial charge in [0.1, 0.15) is 5.76 Å². The van der Waals surface area contributed by atoms with E-state index in [1.165, 1.54) is 5.56 Å². The van der Waals surface area contributed by atoms with E-state index in [4.69, 9.17) is 4.42 Å². The first-order valence-corrected chi connectivity index (χ1v) is 7.08. The number of carbonyl (C=O) groups is 1. The monoisotopic (exact) mass is 282 g/mol. The normalized spacial score (nSPS) is 17.0. The Morgan fingerprint density at radius 3 is 2.95 bits per heavy atom. The van der Waals surface area contributed by atoms with E-state index < -0.39 is 0 Å². The number of rotatable bonds is 4. The third-order valence-corrected chi connectivity index (χ3v) is 3.64. The zero-order valence-electron chi connectivity index (χ0n) is 12.2. The van der Waals surface area contributed by atoms with Crippen molar-refractivity contribution in [2.24, 2.45) is 10.9 Å². The number of hydrogen-bond donors (Lipinski definition) is 1. The Morgan fingerprint density at radius 1 is 1.33 bits per heavy atom. The molecule has 3 rings (SSSR count). The number of hydrogen-bond acceptors (Lipinski definition) is 3. The largest absolute Gasteiger partial charge is 0.468 e. The second kappa shape index (κ2) is 5.66. The van der Waals surface area contributed by atoms with Crippen LogP contribution in [0.15, 0.2) is 39.9 Å². The summed E-state index contributed by atoms with van der Waals surface area (Å²) < 4.78 is 5.26. The minimum Gasteiger partial charge on any atom is -0.468 e. The van der Waals surface area contributed by atoms with Gasteiger partial charge in [0.15, 0.2) is 0 Å².